The Hall–Kier alpha value is -1.66. The summed E-state index contributed by atoms with van der Waals surface area (Å²) in [7, 11) is -3.53. The predicted molar refractivity (Wildman–Crippen MR) is 136 cm³/mol. The summed E-state index contributed by atoms with van der Waals surface area (Å²) in [5.74, 6) is -1.86. The Morgan fingerprint density at radius 1 is 1.29 bits per heavy atom. The lowest BCUT2D eigenvalue weighted by atomic mass is 10.0. The van der Waals surface area contributed by atoms with Gasteiger partial charge < -0.3 is 10.8 Å². The summed E-state index contributed by atoms with van der Waals surface area (Å²) in [5, 5.41) is 13.9. The first-order valence-corrected chi connectivity index (χ1v) is 14.2. The van der Waals surface area contributed by atoms with Gasteiger partial charge in [0.1, 0.15) is 9.84 Å². The molecule has 1 unspecified atom stereocenters. The summed E-state index contributed by atoms with van der Waals surface area (Å²) in [4.78, 5) is 31.8. The summed E-state index contributed by atoms with van der Waals surface area (Å²) in [5.41, 5.74) is 4.75. The van der Waals surface area contributed by atoms with E-state index in [1.165, 1.54) is 0 Å². The zero-order chi connectivity index (χ0) is 25.8. The van der Waals surface area contributed by atoms with Crippen LogP contribution < -0.4 is 11.1 Å². The molecule has 4 N–H and O–H groups in total. The molecule has 34 heavy (non-hydrogen) atoms. The highest BCUT2D eigenvalue weighted by molar-refractivity contribution is 7.90. The van der Waals surface area contributed by atoms with E-state index in [0.29, 0.717) is 18.8 Å². The maximum Gasteiger partial charge on any atom is 0.347 e. The minimum absolute atomic E-state index is 0.00322. The molecule has 3 atom stereocenters. The van der Waals surface area contributed by atoms with E-state index in [1.807, 2.05) is 44.2 Å². The number of aryl methyl sites for hydroxylation is 1. The molecule has 11 heteroatoms. The third-order valence-electron chi connectivity index (χ3n) is 5.65. The minimum Gasteiger partial charge on any atom is -0.478 e. The average Bonchev–Trinajstić information content (AvgIpc) is 2.80. The van der Waals surface area contributed by atoms with E-state index >= 15 is 0 Å². The smallest absolute Gasteiger partial charge is 0.347 e. The average molecular weight is 518 g/mol. The third-order valence-corrected chi connectivity index (χ3v) is 7.07. The molecular weight excluding hydrogens is 478 g/mol. The molecule has 0 saturated heterocycles. The van der Waals surface area contributed by atoms with Gasteiger partial charge in [0.2, 0.25) is 11.6 Å². The molecule has 0 heterocycles. The molecule has 0 aliphatic carbocycles. The summed E-state index contributed by atoms with van der Waals surface area (Å²) >= 11 is 4.13. The second-order valence-corrected chi connectivity index (χ2v) is 11.3. The number of carboxylic acids is 1. The van der Waals surface area contributed by atoms with Crippen molar-refractivity contribution in [1.82, 2.24) is 10.4 Å². The number of hydrogen-bond acceptors (Lipinski definition) is 8. The Bertz CT molecular complexity index is 869. The molecule has 0 aromatic heterocycles. The number of hydroxylamine groups is 2. The number of benzene rings is 1. The van der Waals surface area contributed by atoms with E-state index in [-0.39, 0.29) is 25.3 Å². The normalized spacial score (nSPS) is 15.3. The van der Waals surface area contributed by atoms with Crippen LogP contribution >= 0.6 is 12.6 Å². The van der Waals surface area contributed by atoms with Gasteiger partial charge in [0.05, 0.1) is 12.4 Å². The Balaban J connectivity index is 3.30. The van der Waals surface area contributed by atoms with E-state index in [4.69, 9.17) is 10.6 Å². The highest BCUT2D eigenvalue weighted by atomic mass is 32.2. The van der Waals surface area contributed by atoms with Crippen molar-refractivity contribution < 1.29 is 28.0 Å². The van der Waals surface area contributed by atoms with E-state index in [0.717, 1.165) is 23.3 Å². The molecule has 0 aliphatic heterocycles. The molecule has 0 radical (unpaired) electrons. The third kappa shape index (κ3) is 10.3. The van der Waals surface area contributed by atoms with Gasteiger partial charge in [0, 0.05) is 37.4 Å². The number of thiol groups is 1. The van der Waals surface area contributed by atoms with Crippen LogP contribution in [-0.4, -0.2) is 73.1 Å². The number of sulfone groups is 1. The van der Waals surface area contributed by atoms with E-state index in [2.05, 4.69) is 17.9 Å². The van der Waals surface area contributed by atoms with Gasteiger partial charge in [-0.25, -0.2) is 13.2 Å². The number of nitrogens with one attached hydrogen (secondary N) is 1. The topological polar surface area (TPSA) is 139 Å². The zero-order valence-corrected chi connectivity index (χ0v) is 22.0. The number of carboxylic acid groups (broad SMARTS) is 1. The highest BCUT2D eigenvalue weighted by Gasteiger charge is 2.48. The van der Waals surface area contributed by atoms with E-state index < -0.39 is 45.6 Å². The molecule has 194 valence electrons. The quantitative estimate of drug-likeness (QED) is 0.140. The summed E-state index contributed by atoms with van der Waals surface area (Å²) in [6.07, 6.45) is 2.49. The number of hydrogen-bond donors (Lipinski definition) is 4. The molecule has 0 saturated carbocycles. The molecule has 0 bridgehead atoms. The van der Waals surface area contributed by atoms with Gasteiger partial charge >= 0.3 is 5.97 Å². The van der Waals surface area contributed by atoms with Gasteiger partial charge in [-0.15, -0.1) is 0 Å². The molecule has 0 spiro atoms. The van der Waals surface area contributed by atoms with Crippen molar-refractivity contribution in [2.45, 2.75) is 57.7 Å². The van der Waals surface area contributed by atoms with E-state index in [1.54, 1.807) is 0 Å². The van der Waals surface area contributed by atoms with Crippen LogP contribution in [0.1, 0.15) is 45.1 Å². The van der Waals surface area contributed by atoms with Gasteiger partial charge in [-0.1, -0.05) is 50.6 Å². The van der Waals surface area contributed by atoms with Crippen LogP contribution in [0.3, 0.4) is 0 Å². The van der Waals surface area contributed by atoms with Crippen molar-refractivity contribution in [3.05, 3.63) is 35.9 Å². The first kappa shape index (κ1) is 30.4. The Kier molecular flexibility index (Phi) is 13.1. The molecule has 0 aliphatic rings. The maximum absolute atomic E-state index is 13.4. The summed E-state index contributed by atoms with van der Waals surface area (Å²) < 4.78 is 23.9. The fourth-order valence-electron chi connectivity index (χ4n) is 3.17. The van der Waals surface area contributed by atoms with Crippen LogP contribution in [0.15, 0.2) is 30.3 Å². The van der Waals surface area contributed by atoms with Crippen LogP contribution in [0, 0.1) is 5.92 Å². The predicted octanol–water partition coefficient (Wildman–Crippen LogP) is 1.88. The van der Waals surface area contributed by atoms with Crippen molar-refractivity contribution in [1.29, 1.82) is 0 Å². The number of nitrogens with two attached hydrogens (primary N) is 1. The van der Waals surface area contributed by atoms with Crippen LogP contribution in [-0.2, 0) is 30.7 Å². The highest BCUT2D eigenvalue weighted by Crippen LogP contribution is 2.23. The van der Waals surface area contributed by atoms with Crippen LogP contribution in [0.25, 0.3) is 0 Å². The number of amides is 1. The Labute approximate surface area is 208 Å². The van der Waals surface area contributed by atoms with Crippen LogP contribution in [0.2, 0.25) is 0 Å². The largest absolute Gasteiger partial charge is 0.478 e. The Morgan fingerprint density at radius 3 is 2.47 bits per heavy atom. The van der Waals surface area contributed by atoms with Crippen molar-refractivity contribution in [3.8, 4) is 0 Å². The van der Waals surface area contributed by atoms with Crippen molar-refractivity contribution in [2.24, 2.45) is 11.7 Å². The fourth-order valence-corrected chi connectivity index (χ4v) is 3.97. The van der Waals surface area contributed by atoms with Crippen LogP contribution in [0.5, 0.6) is 0 Å². The maximum atomic E-state index is 13.4. The molecule has 1 aromatic carbocycles. The molecular formula is C23H39N3O6S2. The molecule has 1 rings (SSSR count). The van der Waals surface area contributed by atoms with Gasteiger partial charge in [-0.2, -0.15) is 17.7 Å². The lowest BCUT2D eigenvalue weighted by Crippen LogP contribution is -2.67. The molecule has 1 amide bonds. The first-order chi connectivity index (χ1) is 15.9. The fraction of sp³-hybridized carbons (Fsp3) is 0.652. The summed E-state index contributed by atoms with van der Waals surface area (Å²) in [6.45, 7) is 4.17. The monoisotopic (exact) mass is 517 g/mol. The minimum atomic E-state index is -3.53. The van der Waals surface area contributed by atoms with Gasteiger partial charge in [0.15, 0.2) is 0 Å². The number of rotatable bonds is 17. The standard InChI is InChI=1S/C23H39N3O6S2/c1-4-18(2)12-14-32-26(21(27)11-10-19-8-6-5-7-9-19)23(22(28)29,13-15-34(3,30)31)25-16-20(24)17-33/h5-9,18,20,25,33H,4,10-17,24H2,1-3H3,(H,28,29)/t18-,20?,23-/m0/s1. The SMILES string of the molecule is CC[C@H](C)CCON(C(=O)CCc1ccccc1)[C@](CCS(C)(=O)=O)(NCC(N)CS)C(=O)O. The molecule has 1 aromatic rings. The van der Waals surface area contributed by atoms with Crippen molar-refractivity contribution >= 4 is 34.3 Å². The Morgan fingerprint density at radius 2 is 1.94 bits per heavy atom. The number of carbonyl (C=O) groups is 2. The van der Waals surface area contributed by atoms with Gasteiger partial charge in [-0.3, -0.25) is 14.9 Å². The molecule has 9 nitrogen and oxygen atoms in total. The lowest BCUT2D eigenvalue weighted by molar-refractivity contribution is -0.236. The summed E-state index contributed by atoms with van der Waals surface area (Å²) in [6, 6.07) is 8.81. The van der Waals surface area contributed by atoms with Crippen LogP contribution in [0.4, 0.5) is 0 Å². The number of carbonyl (C=O) groups excluding carboxylic acids is 1. The number of nitrogens with zero attached hydrogens (tertiary/aromatic N) is 1. The number of aliphatic carboxylic acids is 1. The van der Waals surface area contributed by atoms with Crippen molar-refractivity contribution in [3.63, 3.8) is 0 Å². The second-order valence-electron chi connectivity index (χ2n) is 8.68. The second kappa shape index (κ2) is 14.7. The zero-order valence-electron chi connectivity index (χ0n) is 20.3. The van der Waals surface area contributed by atoms with Gasteiger partial charge in [0.25, 0.3) is 0 Å². The van der Waals surface area contributed by atoms with E-state index in [9.17, 15) is 23.1 Å². The first-order valence-electron chi connectivity index (χ1n) is 11.5. The van der Waals surface area contributed by atoms with Gasteiger partial charge in [-0.05, 0) is 24.3 Å². The molecule has 0 fully saturated rings. The van der Waals surface area contributed by atoms with Crippen molar-refractivity contribution in [2.75, 3.05) is 30.9 Å². The lowest BCUT2D eigenvalue weighted by Gasteiger charge is -2.40.